The molecule has 1 amide bonds. The Morgan fingerprint density at radius 3 is 3.00 bits per heavy atom. The highest BCUT2D eigenvalue weighted by atomic mass is 16.1. The van der Waals surface area contributed by atoms with Crippen LogP contribution in [0.25, 0.3) is 0 Å². The van der Waals surface area contributed by atoms with E-state index in [-0.39, 0.29) is 5.91 Å². The number of nitrogens with zero attached hydrogens (tertiary/aromatic N) is 1. The Morgan fingerprint density at radius 1 is 1.67 bits per heavy atom. The molecule has 12 heavy (non-hydrogen) atoms. The lowest BCUT2D eigenvalue weighted by molar-refractivity contribution is -0.612. The first-order valence-corrected chi connectivity index (χ1v) is 3.78. The topological polar surface area (TPSA) is 47.0 Å². The first-order chi connectivity index (χ1) is 5.68. The van der Waals surface area contributed by atoms with E-state index in [1.165, 1.54) is 0 Å². The molecule has 0 bridgehead atoms. The third-order valence-corrected chi connectivity index (χ3v) is 1.58. The fourth-order valence-electron chi connectivity index (χ4n) is 0.992. The lowest BCUT2D eigenvalue weighted by atomic mass is 10.1. The van der Waals surface area contributed by atoms with E-state index in [1.807, 2.05) is 24.5 Å². The average molecular weight is 164 g/mol. The number of carbonyl (C=O) groups excluding carboxylic acids is 1. The summed E-state index contributed by atoms with van der Waals surface area (Å²) in [5, 5.41) is 0. The van der Waals surface area contributed by atoms with Crippen molar-refractivity contribution in [3.8, 4) is 0 Å². The molecule has 1 aromatic heterocycles. The second-order valence-corrected chi connectivity index (χ2v) is 2.69. The molecular weight excluding hydrogens is 152 g/mol. The Balaban J connectivity index is 2.57. The minimum atomic E-state index is -0.269. The Bertz CT molecular complexity index is 284. The van der Waals surface area contributed by atoms with E-state index < -0.39 is 0 Å². The van der Waals surface area contributed by atoms with Gasteiger partial charge in [-0.15, -0.1) is 0 Å². The summed E-state index contributed by atoms with van der Waals surface area (Å²) in [5.74, 6) is -0.269. The number of aryl methyl sites for hydroxylation is 1. The molecule has 0 saturated heterocycles. The standard InChI is InChI=1S/C9H12N2O/c1-11-6-2-3-8(7-11)4-5-9(10)12/h2-3,6-7H,1,4-5H2,(H2,10,12)/q+1. The van der Waals surface area contributed by atoms with E-state index in [4.69, 9.17) is 5.73 Å². The van der Waals surface area contributed by atoms with Crippen LogP contribution in [0.5, 0.6) is 0 Å². The van der Waals surface area contributed by atoms with E-state index in [0.717, 1.165) is 5.56 Å². The van der Waals surface area contributed by atoms with Crippen LogP contribution in [0.15, 0.2) is 24.5 Å². The summed E-state index contributed by atoms with van der Waals surface area (Å²) in [6.07, 6.45) is 4.80. The summed E-state index contributed by atoms with van der Waals surface area (Å²) in [5.41, 5.74) is 6.09. The normalized spacial score (nSPS) is 9.75. The molecule has 1 aromatic rings. The van der Waals surface area contributed by atoms with Crippen molar-refractivity contribution in [2.75, 3.05) is 0 Å². The zero-order chi connectivity index (χ0) is 8.97. The molecule has 0 aliphatic heterocycles. The van der Waals surface area contributed by atoms with Crippen LogP contribution in [0.3, 0.4) is 0 Å². The lowest BCUT2D eigenvalue weighted by Crippen LogP contribution is -2.24. The van der Waals surface area contributed by atoms with Crippen molar-refractivity contribution in [3.63, 3.8) is 0 Å². The molecular formula is C9H12N2O+. The Labute approximate surface area is 71.8 Å². The van der Waals surface area contributed by atoms with E-state index >= 15 is 0 Å². The maximum absolute atomic E-state index is 10.5. The largest absolute Gasteiger partial charge is 0.370 e. The first kappa shape index (κ1) is 8.71. The molecule has 1 heterocycles. The number of rotatable bonds is 3. The van der Waals surface area contributed by atoms with E-state index in [2.05, 4.69) is 7.05 Å². The van der Waals surface area contributed by atoms with Gasteiger partial charge in [0, 0.05) is 18.1 Å². The zero-order valence-electron chi connectivity index (χ0n) is 6.86. The number of hydrogen-bond acceptors (Lipinski definition) is 1. The molecule has 63 valence electrons. The van der Waals surface area contributed by atoms with Crippen molar-refractivity contribution in [1.82, 2.24) is 0 Å². The van der Waals surface area contributed by atoms with Gasteiger partial charge in [0.15, 0.2) is 12.4 Å². The zero-order valence-corrected chi connectivity index (χ0v) is 6.86. The van der Waals surface area contributed by atoms with Crippen molar-refractivity contribution in [2.45, 2.75) is 12.8 Å². The predicted octanol–water partition coefficient (Wildman–Crippen LogP) is 0.0317. The van der Waals surface area contributed by atoms with E-state index in [1.54, 1.807) is 4.57 Å². The fourth-order valence-corrected chi connectivity index (χ4v) is 0.992. The van der Waals surface area contributed by atoms with Crippen LogP contribution < -0.4 is 10.3 Å². The van der Waals surface area contributed by atoms with Crippen LogP contribution in [-0.2, 0) is 11.2 Å². The molecule has 0 saturated carbocycles. The number of hydrogen-bond donors (Lipinski definition) is 1. The van der Waals surface area contributed by atoms with Crippen molar-refractivity contribution in [3.05, 3.63) is 37.1 Å². The van der Waals surface area contributed by atoms with Crippen LogP contribution in [0.2, 0.25) is 0 Å². The molecule has 0 unspecified atom stereocenters. The van der Waals surface area contributed by atoms with Gasteiger partial charge in [-0.05, 0) is 12.5 Å². The second-order valence-electron chi connectivity index (χ2n) is 2.69. The summed E-state index contributed by atoms with van der Waals surface area (Å²) in [6, 6.07) is 3.84. The number of pyridine rings is 1. The summed E-state index contributed by atoms with van der Waals surface area (Å²) < 4.78 is 1.70. The molecule has 0 aromatic carbocycles. The molecule has 0 fully saturated rings. The molecule has 0 aliphatic rings. The second kappa shape index (κ2) is 3.85. The van der Waals surface area contributed by atoms with Crippen molar-refractivity contribution >= 4 is 5.91 Å². The SMILES string of the molecule is [CH2][n+]1cccc(CCC(N)=O)c1. The summed E-state index contributed by atoms with van der Waals surface area (Å²) in [6.45, 7) is 0. The lowest BCUT2D eigenvalue weighted by Gasteiger charge is -1.95. The molecule has 2 N–H and O–H groups in total. The molecule has 3 nitrogen and oxygen atoms in total. The van der Waals surface area contributed by atoms with Gasteiger partial charge in [0.2, 0.25) is 13.0 Å². The fraction of sp³-hybridized carbons (Fsp3) is 0.222. The number of nitrogens with two attached hydrogens (primary N) is 1. The van der Waals surface area contributed by atoms with Crippen molar-refractivity contribution in [2.24, 2.45) is 5.73 Å². The number of carbonyl (C=O) groups is 1. The molecule has 0 atom stereocenters. The number of aromatic nitrogens is 1. The maximum atomic E-state index is 10.5. The maximum Gasteiger partial charge on any atom is 0.217 e. The molecule has 1 rings (SSSR count). The van der Waals surface area contributed by atoms with Gasteiger partial charge in [0.1, 0.15) is 0 Å². The average Bonchev–Trinajstić information content (AvgIpc) is 2.01. The minimum Gasteiger partial charge on any atom is -0.370 e. The van der Waals surface area contributed by atoms with Gasteiger partial charge in [-0.2, -0.15) is 4.57 Å². The highest BCUT2D eigenvalue weighted by molar-refractivity contribution is 5.73. The molecule has 0 aliphatic carbocycles. The smallest absolute Gasteiger partial charge is 0.217 e. The summed E-state index contributed by atoms with van der Waals surface area (Å²) in [4.78, 5) is 10.5. The first-order valence-electron chi connectivity index (χ1n) is 3.78. The molecule has 1 radical (unpaired) electrons. The van der Waals surface area contributed by atoms with Crippen molar-refractivity contribution in [1.29, 1.82) is 0 Å². The highest BCUT2D eigenvalue weighted by Gasteiger charge is 2.00. The van der Waals surface area contributed by atoms with Gasteiger partial charge in [-0.3, -0.25) is 4.79 Å². The van der Waals surface area contributed by atoms with Crippen LogP contribution in [0, 0.1) is 7.05 Å². The van der Waals surface area contributed by atoms with Gasteiger partial charge in [-0.1, -0.05) is 0 Å². The predicted molar refractivity (Wildman–Crippen MR) is 44.9 cm³/mol. The van der Waals surface area contributed by atoms with Crippen molar-refractivity contribution < 1.29 is 9.36 Å². The Kier molecular flexibility index (Phi) is 2.80. The monoisotopic (exact) mass is 164 g/mol. The van der Waals surface area contributed by atoms with Gasteiger partial charge >= 0.3 is 0 Å². The third-order valence-electron chi connectivity index (χ3n) is 1.58. The van der Waals surface area contributed by atoms with Crippen LogP contribution in [0.1, 0.15) is 12.0 Å². The Hall–Kier alpha value is -1.38. The van der Waals surface area contributed by atoms with Crippen LogP contribution in [-0.4, -0.2) is 5.91 Å². The summed E-state index contributed by atoms with van der Waals surface area (Å²) >= 11 is 0. The number of primary amides is 1. The third kappa shape index (κ3) is 2.70. The Morgan fingerprint density at radius 2 is 2.42 bits per heavy atom. The molecule has 0 spiro atoms. The number of amides is 1. The van der Waals surface area contributed by atoms with Crippen LogP contribution in [0.4, 0.5) is 0 Å². The highest BCUT2D eigenvalue weighted by Crippen LogP contribution is 1.98. The van der Waals surface area contributed by atoms with Gasteiger partial charge in [0.05, 0.1) is 0 Å². The van der Waals surface area contributed by atoms with Gasteiger partial charge in [-0.25, -0.2) is 0 Å². The minimum absolute atomic E-state index is 0.269. The molecule has 3 heteroatoms. The van der Waals surface area contributed by atoms with E-state index in [0.29, 0.717) is 12.8 Å². The van der Waals surface area contributed by atoms with Crippen LogP contribution >= 0.6 is 0 Å². The van der Waals surface area contributed by atoms with E-state index in [9.17, 15) is 4.79 Å². The quantitative estimate of drug-likeness (QED) is 0.629. The summed E-state index contributed by atoms with van der Waals surface area (Å²) in [7, 11) is 3.71. The van der Waals surface area contributed by atoms with Gasteiger partial charge in [0.25, 0.3) is 0 Å². The van der Waals surface area contributed by atoms with Gasteiger partial charge < -0.3 is 5.73 Å².